The molecule has 0 saturated heterocycles. The third-order valence-corrected chi connectivity index (χ3v) is 6.37. The monoisotopic (exact) mass is 512 g/mol. The molecule has 0 aliphatic carbocycles. The number of anilines is 1. The number of amides is 1. The van der Waals surface area contributed by atoms with Gasteiger partial charge in [-0.15, -0.1) is 0 Å². The van der Waals surface area contributed by atoms with Crippen molar-refractivity contribution in [3.8, 4) is 0 Å². The molecule has 0 aromatic heterocycles. The van der Waals surface area contributed by atoms with Crippen LogP contribution in [-0.2, 0) is 16.4 Å². The Balaban J connectivity index is 1.78. The predicted molar refractivity (Wildman–Crippen MR) is 114 cm³/mol. The van der Waals surface area contributed by atoms with Gasteiger partial charge in [-0.2, -0.15) is 0 Å². The van der Waals surface area contributed by atoms with Crippen molar-refractivity contribution in [3.63, 3.8) is 0 Å². The fourth-order valence-electron chi connectivity index (χ4n) is 2.75. The molecule has 0 spiro atoms. The van der Waals surface area contributed by atoms with Crippen LogP contribution < -0.4 is 10.0 Å². The van der Waals surface area contributed by atoms with Crippen molar-refractivity contribution >= 4 is 37.5 Å². The molecule has 3 aromatic rings. The molecule has 0 saturated carbocycles. The number of sulfonamides is 1. The van der Waals surface area contributed by atoms with E-state index in [-0.39, 0.29) is 15.9 Å². The largest absolute Gasteiger partial charge is 0.318 e. The van der Waals surface area contributed by atoms with Crippen molar-refractivity contribution in [2.24, 2.45) is 0 Å². The van der Waals surface area contributed by atoms with Gasteiger partial charge in [0.2, 0.25) is 10.0 Å². The zero-order chi connectivity index (χ0) is 22.6. The summed E-state index contributed by atoms with van der Waals surface area (Å²) in [6, 6.07) is 13.4. The van der Waals surface area contributed by atoms with Gasteiger partial charge in [0.1, 0.15) is 11.6 Å². The highest BCUT2D eigenvalue weighted by atomic mass is 79.9. The molecule has 0 aliphatic rings. The van der Waals surface area contributed by atoms with E-state index >= 15 is 0 Å². The topological polar surface area (TPSA) is 75.3 Å². The highest BCUT2D eigenvalue weighted by Gasteiger charge is 2.21. The van der Waals surface area contributed by atoms with Crippen LogP contribution in [0.5, 0.6) is 0 Å². The summed E-state index contributed by atoms with van der Waals surface area (Å²) in [6.07, 6.45) is 0.437. The van der Waals surface area contributed by atoms with Crippen LogP contribution in [0.4, 0.5) is 18.9 Å². The summed E-state index contributed by atoms with van der Waals surface area (Å²) in [6.45, 7) is 0.0962. The van der Waals surface area contributed by atoms with Gasteiger partial charge in [0.15, 0.2) is 5.82 Å². The van der Waals surface area contributed by atoms with E-state index in [1.54, 1.807) is 0 Å². The van der Waals surface area contributed by atoms with Gasteiger partial charge in [0.05, 0.1) is 16.1 Å². The molecule has 0 unspecified atom stereocenters. The Kier molecular flexibility index (Phi) is 7.14. The number of carbonyl (C=O) groups excluding carboxylic acids is 1. The molecule has 10 heteroatoms. The molecule has 0 bridgehead atoms. The van der Waals surface area contributed by atoms with Crippen molar-refractivity contribution in [1.82, 2.24) is 4.72 Å². The number of carbonyl (C=O) groups is 1. The van der Waals surface area contributed by atoms with Gasteiger partial charge in [0, 0.05) is 17.1 Å². The van der Waals surface area contributed by atoms with Crippen molar-refractivity contribution < 1.29 is 26.4 Å². The lowest BCUT2D eigenvalue weighted by atomic mass is 10.2. The number of hydrogen-bond donors (Lipinski definition) is 2. The highest BCUT2D eigenvalue weighted by molar-refractivity contribution is 9.10. The molecule has 0 heterocycles. The molecular weight excluding hydrogens is 497 g/mol. The smallest absolute Gasteiger partial charge is 0.258 e. The summed E-state index contributed by atoms with van der Waals surface area (Å²) in [7, 11) is -4.03. The number of halogens is 4. The minimum absolute atomic E-state index is 0.0925. The maximum Gasteiger partial charge on any atom is 0.258 e. The lowest BCUT2D eigenvalue weighted by Crippen LogP contribution is -2.26. The van der Waals surface area contributed by atoms with Crippen molar-refractivity contribution in [2.45, 2.75) is 11.3 Å². The summed E-state index contributed by atoms with van der Waals surface area (Å²) in [4.78, 5) is 12.1. The van der Waals surface area contributed by atoms with Crippen LogP contribution in [0.1, 0.15) is 15.9 Å². The zero-order valence-corrected chi connectivity index (χ0v) is 18.2. The Labute approximate surface area is 185 Å². The number of benzene rings is 3. The van der Waals surface area contributed by atoms with Gasteiger partial charge in [-0.05, 0) is 52.2 Å². The minimum Gasteiger partial charge on any atom is -0.318 e. The first-order valence-electron chi connectivity index (χ1n) is 8.96. The lowest BCUT2D eigenvalue weighted by Gasteiger charge is -2.11. The average molecular weight is 513 g/mol. The van der Waals surface area contributed by atoms with Gasteiger partial charge in [-0.3, -0.25) is 4.79 Å². The summed E-state index contributed by atoms with van der Waals surface area (Å²) in [5.41, 5.74) is -0.0853. The van der Waals surface area contributed by atoms with Crippen LogP contribution in [0.15, 0.2) is 70.0 Å². The van der Waals surface area contributed by atoms with Gasteiger partial charge >= 0.3 is 0 Å². The highest BCUT2D eigenvalue weighted by Crippen LogP contribution is 2.28. The van der Waals surface area contributed by atoms with E-state index in [1.807, 2.05) is 30.3 Å². The second-order valence-corrected chi connectivity index (χ2v) is 9.09. The Bertz CT molecular complexity index is 1200. The van der Waals surface area contributed by atoms with Crippen LogP contribution in [0.25, 0.3) is 0 Å². The van der Waals surface area contributed by atoms with Crippen molar-refractivity contribution in [3.05, 3.63) is 93.7 Å². The lowest BCUT2D eigenvalue weighted by molar-refractivity contribution is 0.102. The summed E-state index contributed by atoms with van der Waals surface area (Å²) >= 11 is 2.92. The first-order chi connectivity index (χ1) is 14.7. The predicted octanol–water partition coefficient (Wildman–Crippen LogP) is 4.64. The summed E-state index contributed by atoms with van der Waals surface area (Å²) < 4.78 is 68.7. The van der Waals surface area contributed by atoms with E-state index < -0.39 is 44.6 Å². The molecule has 162 valence electrons. The minimum atomic E-state index is -4.03. The van der Waals surface area contributed by atoms with Crippen LogP contribution >= 0.6 is 15.9 Å². The first-order valence-corrected chi connectivity index (χ1v) is 11.2. The van der Waals surface area contributed by atoms with Crippen LogP contribution in [-0.4, -0.2) is 20.9 Å². The Morgan fingerprint density at radius 2 is 1.65 bits per heavy atom. The fourth-order valence-corrected chi connectivity index (χ4v) is 4.31. The van der Waals surface area contributed by atoms with E-state index in [0.29, 0.717) is 12.5 Å². The third-order valence-electron chi connectivity index (χ3n) is 4.29. The fraction of sp³-hybridized carbons (Fsp3) is 0.0952. The quantitative estimate of drug-likeness (QED) is 0.484. The molecule has 3 rings (SSSR count). The van der Waals surface area contributed by atoms with Gasteiger partial charge in [-0.25, -0.2) is 26.3 Å². The first kappa shape index (κ1) is 23.0. The van der Waals surface area contributed by atoms with Crippen LogP contribution in [0.3, 0.4) is 0 Å². The number of hydrogen-bond acceptors (Lipinski definition) is 3. The molecule has 2 N–H and O–H groups in total. The van der Waals surface area contributed by atoms with Crippen LogP contribution in [0, 0.1) is 17.5 Å². The second kappa shape index (κ2) is 9.63. The zero-order valence-electron chi connectivity index (χ0n) is 15.8. The maximum absolute atomic E-state index is 14.2. The molecule has 5 nitrogen and oxygen atoms in total. The second-order valence-electron chi connectivity index (χ2n) is 6.47. The van der Waals surface area contributed by atoms with Crippen LogP contribution in [0.2, 0.25) is 0 Å². The van der Waals surface area contributed by atoms with Crippen molar-refractivity contribution in [1.29, 1.82) is 0 Å². The SMILES string of the molecule is O=C(Nc1c(F)cc(F)cc1Br)c1cc(S(=O)(=O)NCCc2ccccc2)ccc1F. The van der Waals surface area contributed by atoms with Crippen molar-refractivity contribution in [2.75, 3.05) is 11.9 Å². The molecule has 3 aromatic carbocycles. The van der Waals surface area contributed by atoms with E-state index in [9.17, 15) is 26.4 Å². The van der Waals surface area contributed by atoms with Gasteiger partial charge in [0.25, 0.3) is 5.91 Å². The molecule has 0 aliphatic heterocycles. The Hall–Kier alpha value is -2.69. The summed E-state index contributed by atoms with van der Waals surface area (Å²) in [5.74, 6) is -4.04. The third kappa shape index (κ3) is 5.72. The van der Waals surface area contributed by atoms with E-state index in [1.165, 1.54) is 0 Å². The molecule has 0 radical (unpaired) electrons. The summed E-state index contributed by atoms with van der Waals surface area (Å²) in [5, 5.41) is 2.12. The average Bonchev–Trinajstić information content (AvgIpc) is 2.71. The molecule has 31 heavy (non-hydrogen) atoms. The molecular formula is C21H16BrF3N2O3S. The Morgan fingerprint density at radius 1 is 0.935 bits per heavy atom. The number of rotatable bonds is 7. The standard InChI is InChI=1S/C21H16BrF3N2O3S/c22-17-10-14(23)11-19(25)20(17)27-21(28)16-12-15(6-7-18(16)24)31(29,30)26-9-8-13-4-2-1-3-5-13/h1-7,10-12,26H,8-9H2,(H,27,28). The maximum atomic E-state index is 14.2. The normalized spacial score (nSPS) is 11.4. The van der Waals surface area contributed by atoms with Gasteiger partial charge in [-0.1, -0.05) is 30.3 Å². The van der Waals surface area contributed by atoms with E-state index in [2.05, 4.69) is 26.0 Å². The Morgan fingerprint density at radius 3 is 2.32 bits per heavy atom. The van der Waals surface area contributed by atoms with E-state index in [4.69, 9.17) is 0 Å². The molecule has 0 atom stereocenters. The molecule has 1 amide bonds. The van der Waals surface area contributed by atoms with E-state index in [0.717, 1.165) is 29.8 Å². The molecule has 0 fully saturated rings. The number of nitrogens with one attached hydrogen (secondary N) is 2. The van der Waals surface area contributed by atoms with Gasteiger partial charge < -0.3 is 5.32 Å².